The van der Waals surface area contributed by atoms with Crippen LogP contribution in [0.15, 0.2) is 35.5 Å². The SMILES string of the molecule is CC(=O)O/N=C1/CCc2ccc3cc(C)ccc3c21. The van der Waals surface area contributed by atoms with E-state index in [0.29, 0.717) is 0 Å². The van der Waals surface area contributed by atoms with Crippen LogP contribution in [0.2, 0.25) is 0 Å². The molecule has 0 aliphatic heterocycles. The van der Waals surface area contributed by atoms with Crippen molar-refractivity contribution in [2.45, 2.75) is 26.7 Å². The Morgan fingerprint density at radius 1 is 1.21 bits per heavy atom. The monoisotopic (exact) mass is 253 g/mol. The molecule has 0 radical (unpaired) electrons. The molecule has 2 aromatic carbocycles. The van der Waals surface area contributed by atoms with E-state index in [9.17, 15) is 4.79 Å². The molecule has 0 N–H and O–H groups in total. The summed E-state index contributed by atoms with van der Waals surface area (Å²) in [4.78, 5) is 15.7. The molecule has 3 rings (SSSR count). The fourth-order valence-electron chi connectivity index (χ4n) is 2.63. The predicted molar refractivity (Wildman–Crippen MR) is 75.3 cm³/mol. The van der Waals surface area contributed by atoms with Crippen molar-refractivity contribution in [3.05, 3.63) is 47.0 Å². The number of hydrogen-bond acceptors (Lipinski definition) is 3. The molecule has 0 heterocycles. The molecule has 2 aromatic rings. The largest absolute Gasteiger partial charge is 0.331 e. The highest BCUT2D eigenvalue weighted by atomic mass is 16.7. The molecule has 0 unspecified atom stereocenters. The van der Waals surface area contributed by atoms with Crippen molar-refractivity contribution in [2.75, 3.05) is 0 Å². The molecular formula is C16H15NO2. The molecule has 0 aromatic heterocycles. The van der Waals surface area contributed by atoms with Crippen molar-refractivity contribution in [1.29, 1.82) is 0 Å². The van der Waals surface area contributed by atoms with Crippen molar-refractivity contribution in [3.63, 3.8) is 0 Å². The Morgan fingerprint density at radius 2 is 2.05 bits per heavy atom. The van der Waals surface area contributed by atoms with Crippen LogP contribution in [0.5, 0.6) is 0 Å². The Balaban J connectivity index is 2.17. The van der Waals surface area contributed by atoms with Crippen molar-refractivity contribution in [2.24, 2.45) is 5.16 Å². The lowest BCUT2D eigenvalue weighted by atomic mass is 9.99. The number of hydrogen-bond donors (Lipinski definition) is 0. The standard InChI is InChI=1S/C16H15NO2/c1-10-3-7-14-13(9-10)5-4-12-6-8-15(16(12)14)17-19-11(2)18/h3-5,7,9H,6,8H2,1-2H3/b17-15-. The van der Waals surface area contributed by atoms with E-state index in [1.54, 1.807) is 0 Å². The summed E-state index contributed by atoms with van der Waals surface area (Å²) in [5, 5.41) is 6.40. The van der Waals surface area contributed by atoms with Gasteiger partial charge < -0.3 is 4.84 Å². The Kier molecular flexibility index (Phi) is 2.82. The lowest BCUT2D eigenvalue weighted by Gasteiger charge is -2.07. The normalized spacial score (nSPS) is 15.8. The van der Waals surface area contributed by atoms with E-state index in [4.69, 9.17) is 4.84 Å². The Hall–Kier alpha value is -2.16. The van der Waals surface area contributed by atoms with Gasteiger partial charge in [-0.15, -0.1) is 0 Å². The van der Waals surface area contributed by atoms with Crippen LogP contribution in [0.3, 0.4) is 0 Å². The third-order valence-electron chi connectivity index (χ3n) is 3.47. The van der Waals surface area contributed by atoms with E-state index in [0.717, 1.165) is 24.1 Å². The summed E-state index contributed by atoms with van der Waals surface area (Å²) in [6.07, 6.45) is 1.79. The number of benzene rings is 2. The van der Waals surface area contributed by atoms with Crippen molar-refractivity contribution < 1.29 is 9.63 Å². The minimum absolute atomic E-state index is 0.378. The lowest BCUT2D eigenvalue weighted by Crippen LogP contribution is -2.00. The van der Waals surface area contributed by atoms with Crippen LogP contribution in [0.25, 0.3) is 10.8 Å². The highest BCUT2D eigenvalue weighted by Crippen LogP contribution is 2.31. The maximum Gasteiger partial charge on any atom is 0.331 e. The number of rotatable bonds is 1. The minimum atomic E-state index is -0.378. The summed E-state index contributed by atoms with van der Waals surface area (Å²) in [6, 6.07) is 10.7. The van der Waals surface area contributed by atoms with Gasteiger partial charge in [0.05, 0.1) is 5.71 Å². The molecule has 96 valence electrons. The maximum absolute atomic E-state index is 10.9. The molecule has 19 heavy (non-hydrogen) atoms. The van der Waals surface area contributed by atoms with E-state index in [-0.39, 0.29) is 5.97 Å². The van der Waals surface area contributed by atoms with Gasteiger partial charge in [0.25, 0.3) is 0 Å². The Morgan fingerprint density at radius 3 is 2.84 bits per heavy atom. The van der Waals surface area contributed by atoms with Gasteiger partial charge in [0, 0.05) is 12.5 Å². The summed E-state index contributed by atoms with van der Waals surface area (Å²) in [7, 11) is 0. The van der Waals surface area contributed by atoms with E-state index >= 15 is 0 Å². The molecule has 0 atom stereocenters. The molecule has 1 aliphatic carbocycles. The van der Waals surface area contributed by atoms with Crippen LogP contribution in [-0.4, -0.2) is 11.7 Å². The molecule has 0 saturated heterocycles. The molecule has 0 spiro atoms. The van der Waals surface area contributed by atoms with Gasteiger partial charge in [0.1, 0.15) is 0 Å². The summed E-state index contributed by atoms with van der Waals surface area (Å²) < 4.78 is 0. The fraction of sp³-hybridized carbons (Fsp3) is 0.250. The van der Waals surface area contributed by atoms with Crippen LogP contribution >= 0.6 is 0 Å². The highest BCUT2D eigenvalue weighted by molar-refractivity contribution is 6.14. The topological polar surface area (TPSA) is 38.7 Å². The smallest absolute Gasteiger partial charge is 0.318 e. The van der Waals surface area contributed by atoms with Crippen molar-refractivity contribution in [1.82, 2.24) is 0 Å². The van der Waals surface area contributed by atoms with E-state index in [2.05, 4.69) is 42.4 Å². The van der Waals surface area contributed by atoms with Gasteiger partial charge in [0.2, 0.25) is 0 Å². The van der Waals surface area contributed by atoms with Crippen LogP contribution in [0.4, 0.5) is 0 Å². The van der Waals surface area contributed by atoms with Gasteiger partial charge in [-0.05, 0) is 36.1 Å². The molecular weight excluding hydrogens is 238 g/mol. The summed E-state index contributed by atoms with van der Waals surface area (Å²) in [6.45, 7) is 3.45. The second-order valence-electron chi connectivity index (χ2n) is 4.95. The molecule has 3 nitrogen and oxygen atoms in total. The number of nitrogens with zero attached hydrogens (tertiary/aromatic N) is 1. The first-order valence-electron chi connectivity index (χ1n) is 6.42. The quantitative estimate of drug-likeness (QED) is 0.577. The van der Waals surface area contributed by atoms with Crippen LogP contribution in [0, 0.1) is 6.92 Å². The molecule has 0 fully saturated rings. The van der Waals surface area contributed by atoms with E-state index in [1.165, 1.54) is 28.8 Å². The van der Waals surface area contributed by atoms with Gasteiger partial charge in [-0.3, -0.25) is 0 Å². The van der Waals surface area contributed by atoms with Crippen LogP contribution in [-0.2, 0) is 16.1 Å². The second-order valence-corrected chi connectivity index (χ2v) is 4.95. The van der Waals surface area contributed by atoms with E-state index in [1.807, 2.05) is 0 Å². The average molecular weight is 253 g/mol. The van der Waals surface area contributed by atoms with Gasteiger partial charge in [-0.1, -0.05) is 41.1 Å². The zero-order chi connectivity index (χ0) is 13.4. The molecule has 3 heteroatoms. The summed E-state index contributed by atoms with van der Waals surface area (Å²) in [5.41, 5.74) is 4.53. The first-order valence-corrected chi connectivity index (χ1v) is 6.42. The number of fused-ring (bicyclic) bond motifs is 3. The molecule has 1 aliphatic rings. The van der Waals surface area contributed by atoms with Gasteiger partial charge in [0.15, 0.2) is 0 Å². The number of carbonyl (C=O) groups excluding carboxylic acids is 1. The van der Waals surface area contributed by atoms with E-state index < -0.39 is 0 Å². The average Bonchev–Trinajstić information content (AvgIpc) is 2.79. The van der Waals surface area contributed by atoms with Crippen LogP contribution < -0.4 is 0 Å². The first-order chi connectivity index (χ1) is 9.15. The number of carbonyl (C=O) groups is 1. The third kappa shape index (κ3) is 2.12. The second kappa shape index (κ2) is 4.50. The van der Waals surface area contributed by atoms with Gasteiger partial charge in [-0.2, -0.15) is 0 Å². The maximum atomic E-state index is 10.9. The summed E-state index contributed by atoms with van der Waals surface area (Å²) >= 11 is 0. The minimum Gasteiger partial charge on any atom is -0.318 e. The fourth-order valence-corrected chi connectivity index (χ4v) is 2.63. The zero-order valence-corrected chi connectivity index (χ0v) is 11.1. The lowest BCUT2D eigenvalue weighted by molar-refractivity contribution is -0.140. The number of oxime groups is 1. The highest BCUT2D eigenvalue weighted by Gasteiger charge is 2.21. The first kappa shape index (κ1) is 11.9. The van der Waals surface area contributed by atoms with Gasteiger partial charge in [-0.25, -0.2) is 4.79 Å². The third-order valence-corrected chi connectivity index (χ3v) is 3.47. The predicted octanol–water partition coefficient (Wildman–Crippen LogP) is 3.36. The molecule has 0 amide bonds. The van der Waals surface area contributed by atoms with Gasteiger partial charge >= 0.3 is 5.97 Å². The van der Waals surface area contributed by atoms with Crippen LogP contribution in [0.1, 0.15) is 30.0 Å². The Bertz CT molecular complexity index is 701. The molecule has 0 bridgehead atoms. The molecule has 0 saturated carbocycles. The summed E-state index contributed by atoms with van der Waals surface area (Å²) in [5.74, 6) is -0.378. The zero-order valence-electron chi connectivity index (χ0n) is 11.1. The number of aryl methyl sites for hydroxylation is 2. The van der Waals surface area contributed by atoms with Crippen molar-refractivity contribution >= 4 is 22.5 Å². The Labute approximate surface area is 111 Å². The van der Waals surface area contributed by atoms with Crippen molar-refractivity contribution in [3.8, 4) is 0 Å².